The maximum Gasteiger partial charge on any atom is 0.224 e. The van der Waals surface area contributed by atoms with Gasteiger partial charge in [0.2, 0.25) is 5.91 Å². The number of Topliss-reactive ketones (excluding diaryl/α,β-unsaturated/α-hetero) is 1. The number of nitrogens with one attached hydrogen (secondary N) is 1. The van der Waals surface area contributed by atoms with Crippen LogP contribution in [0.2, 0.25) is 0 Å². The molecule has 1 amide bonds. The topological polar surface area (TPSA) is 46.2 Å². The molecule has 0 radical (unpaired) electrons. The molecule has 0 unspecified atom stereocenters. The normalized spacial score (nSPS) is 11.7. The molecule has 21 heavy (non-hydrogen) atoms. The molecule has 0 fully saturated rings. The van der Waals surface area contributed by atoms with Gasteiger partial charge in [-0.1, -0.05) is 60.7 Å². The highest BCUT2D eigenvalue weighted by molar-refractivity contribution is 5.81. The van der Waals surface area contributed by atoms with Gasteiger partial charge in [0.25, 0.3) is 0 Å². The van der Waals surface area contributed by atoms with E-state index in [4.69, 9.17) is 0 Å². The summed E-state index contributed by atoms with van der Waals surface area (Å²) in [5, 5.41) is 2.95. The van der Waals surface area contributed by atoms with Crippen molar-refractivity contribution < 1.29 is 9.59 Å². The maximum atomic E-state index is 12.2. The smallest absolute Gasteiger partial charge is 0.224 e. The van der Waals surface area contributed by atoms with Crippen molar-refractivity contribution in [3.05, 3.63) is 71.8 Å². The average Bonchev–Trinajstić information content (AvgIpc) is 2.48. The van der Waals surface area contributed by atoms with Crippen LogP contribution >= 0.6 is 0 Å². The lowest BCUT2D eigenvalue weighted by Gasteiger charge is -2.18. The van der Waals surface area contributed by atoms with Crippen molar-refractivity contribution in [2.45, 2.75) is 25.8 Å². The molecule has 2 aromatic rings. The van der Waals surface area contributed by atoms with Crippen LogP contribution in [0.3, 0.4) is 0 Å². The molecule has 0 saturated carbocycles. The van der Waals surface area contributed by atoms with Crippen LogP contribution in [-0.4, -0.2) is 11.7 Å². The Morgan fingerprint density at radius 1 is 0.952 bits per heavy atom. The Kier molecular flexibility index (Phi) is 5.27. The Labute approximate surface area is 125 Å². The molecule has 2 rings (SSSR count). The number of hydrogen-bond acceptors (Lipinski definition) is 2. The molecule has 3 heteroatoms. The number of ketones is 1. The van der Waals surface area contributed by atoms with E-state index in [1.165, 1.54) is 0 Å². The average molecular weight is 281 g/mol. The summed E-state index contributed by atoms with van der Waals surface area (Å²) in [6, 6.07) is 18.9. The summed E-state index contributed by atoms with van der Waals surface area (Å²) in [6.07, 6.45) is 0.632. The highest BCUT2D eigenvalue weighted by atomic mass is 16.1. The van der Waals surface area contributed by atoms with Gasteiger partial charge in [-0.05, 0) is 18.1 Å². The molecular weight excluding hydrogens is 262 g/mol. The fourth-order valence-corrected chi connectivity index (χ4v) is 2.25. The summed E-state index contributed by atoms with van der Waals surface area (Å²) < 4.78 is 0. The SMILES string of the molecule is CC(=O)C[C@@H](NC(=O)Cc1ccccc1)c1ccccc1. The Morgan fingerprint density at radius 2 is 1.52 bits per heavy atom. The van der Waals surface area contributed by atoms with Gasteiger partial charge in [-0.25, -0.2) is 0 Å². The first kappa shape index (κ1) is 15.0. The third-order valence-corrected chi connectivity index (χ3v) is 3.24. The number of carbonyl (C=O) groups is 2. The third kappa shape index (κ3) is 4.88. The fraction of sp³-hybridized carbons (Fsp3) is 0.222. The van der Waals surface area contributed by atoms with Gasteiger partial charge in [-0.2, -0.15) is 0 Å². The van der Waals surface area contributed by atoms with Crippen LogP contribution in [0.1, 0.15) is 30.5 Å². The van der Waals surface area contributed by atoms with Crippen molar-refractivity contribution in [3.63, 3.8) is 0 Å². The van der Waals surface area contributed by atoms with E-state index in [0.717, 1.165) is 11.1 Å². The van der Waals surface area contributed by atoms with Crippen molar-refractivity contribution >= 4 is 11.7 Å². The quantitative estimate of drug-likeness (QED) is 0.884. The van der Waals surface area contributed by atoms with Crippen molar-refractivity contribution in [2.75, 3.05) is 0 Å². The van der Waals surface area contributed by atoms with Crippen LogP contribution in [-0.2, 0) is 16.0 Å². The molecule has 0 heterocycles. The Balaban J connectivity index is 2.05. The summed E-state index contributed by atoms with van der Waals surface area (Å²) >= 11 is 0. The number of rotatable bonds is 6. The summed E-state index contributed by atoms with van der Waals surface area (Å²) in [6.45, 7) is 1.54. The third-order valence-electron chi connectivity index (χ3n) is 3.24. The van der Waals surface area contributed by atoms with Crippen LogP contribution in [0.15, 0.2) is 60.7 Å². The number of benzene rings is 2. The van der Waals surface area contributed by atoms with Crippen molar-refractivity contribution in [1.82, 2.24) is 5.32 Å². The van der Waals surface area contributed by atoms with Crippen molar-refractivity contribution in [3.8, 4) is 0 Å². The van der Waals surface area contributed by atoms with Gasteiger partial charge in [0, 0.05) is 6.42 Å². The molecule has 3 nitrogen and oxygen atoms in total. The lowest BCUT2D eigenvalue weighted by Crippen LogP contribution is -2.31. The van der Waals surface area contributed by atoms with Crippen LogP contribution in [0.5, 0.6) is 0 Å². The van der Waals surface area contributed by atoms with Crippen LogP contribution in [0.4, 0.5) is 0 Å². The second-order valence-corrected chi connectivity index (χ2v) is 5.10. The molecule has 0 aliphatic heterocycles. The zero-order valence-electron chi connectivity index (χ0n) is 12.1. The number of amides is 1. The zero-order chi connectivity index (χ0) is 15.1. The van der Waals surface area contributed by atoms with Gasteiger partial charge in [-0.3, -0.25) is 9.59 Å². The van der Waals surface area contributed by atoms with E-state index in [-0.39, 0.29) is 17.7 Å². The highest BCUT2D eigenvalue weighted by Crippen LogP contribution is 2.17. The van der Waals surface area contributed by atoms with Gasteiger partial charge in [0.05, 0.1) is 12.5 Å². The Bertz CT molecular complexity index is 593. The van der Waals surface area contributed by atoms with Gasteiger partial charge in [-0.15, -0.1) is 0 Å². The zero-order valence-corrected chi connectivity index (χ0v) is 12.1. The number of carbonyl (C=O) groups excluding carboxylic acids is 2. The minimum Gasteiger partial charge on any atom is -0.349 e. The molecule has 0 aliphatic rings. The first-order valence-corrected chi connectivity index (χ1v) is 7.03. The molecule has 0 bridgehead atoms. The van der Waals surface area contributed by atoms with Crippen LogP contribution in [0, 0.1) is 0 Å². The van der Waals surface area contributed by atoms with E-state index in [0.29, 0.717) is 12.8 Å². The lowest BCUT2D eigenvalue weighted by molar-refractivity contribution is -0.122. The molecule has 0 spiro atoms. The van der Waals surface area contributed by atoms with E-state index in [9.17, 15) is 9.59 Å². The van der Waals surface area contributed by atoms with Crippen LogP contribution < -0.4 is 5.32 Å². The molecule has 0 aliphatic carbocycles. The summed E-state index contributed by atoms with van der Waals surface area (Å²) in [7, 11) is 0. The van der Waals surface area contributed by atoms with Crippen LogP contribution in [0.25, 0.3) is 0 Å². The summed E-state index contributed by atoms with van der Waals surface area (Å²) in [5.74, 6) is -0.0137. The lowest BCUT2D eigenvalue weighted by atomic mass is 10.0. The summed E-state index contributed by atoms with van der Waals surface area (Å²) in [4.78, 5) is 23.6. The van der Waals surface area contributed by atoms with E-state index < -0.39 is 0 Å². The molecular formula is C18H19NO2. The fourth-order valence-electron chi connectivity index (χ4n) is 2.25. The highest BCUT2D eigenvalue weighted by Gasteiger charge is 2.16. The first-order valence-electron chi connectivity index (χ1n) is 7.03. The largest absolute Gasteiger partial charge is 0.349 e. The maximum absolute atomic E-state index is 12.2. The standard InChI is InChI=1S/C18H19NO2/c1-14(20)12-17(16-10-6-3-7-11-16)19-18(21)13-15-8-4-2-5-9-15/h2-11,17H,12-13H2,1H3,(H,19,21)/t17-/m1/s1. The van der Waals surface area contributed by atoms with E-state index >= 15 is 0 Å². The second kappa shape index (κ2) is 7.39. The van der Waals surface area contributed by atoms with Gasteiger partial charge in [0.15, 0.2) is 0 Å². The van der Waals surface area contributed by atoms with Gasteiger partial charge >= 0.3 is 0 Å². The molecule has 0 saturated heterocycles. The van der Waals surface area contributed by atoms with E-state index in [1.54, 1.807) is 6.92 Å². The Hall–Kier alpha value is -2.42. The van der Waals surface area contributed by atoms with Crippen molar-refractivity contribution in [1.29, 1.82) is 0 Å². The molecule has 1 N–H and O–H groups in total. The summed E-state index contributed by atoms with van der Waals surface area (Å²) in [5.41, 5.74) is 1.92. The predicted molar refractivity (Wildman–Crippen MR) is 82.8 cm³/mol. The molecule has 0 aromatic heterocycles. The van der Waals surface area contributed by atoms with Crippen molar-refractivity contribution in [2.24, 2.45) is 0 Å². The molecule has 1 atom stereocenters. The van der Waals surface area contributed by atoms with E-state index in [1.807, 2.05) is 60.7 Å². The Morgan fingerprint density at radius 3 is 2.10 bits per heavy atom. The minimum atomic E-state index is -0.264. The van der Waals surface area contributed by atoms with Gasteiger partial charge < -0.3 is 5.32 Å². The number of hydrogen-bond donors (Lipinski definition) is 1. The predicted octanol–water partition coefficient (Wildman–Crippen LogP) is 3.07. The van der Waals surface area contributed by atoms with Gasteiger partial charge in [0.1, 0.15) is 5.78 Å². The van der Waals surface area contributed by atoms with E-state index in [2.05, 4.69) is 5.32 Å². The molecule has 2 aromatic carbocycles. The minimum absolute atomic E-state index is 0.0591. The monoisotopic (exact) mass is 281 g/mol. The first-order chi connectivity index (χ1) is 10.1. The second-order valence-electron chi connectivity index (χ2n) is 5.10. The molecule has 108 valence electrons.